The molecule has 22 heavy (non-hydrogen) atoms. The first-order valence-corrected chi connectivity index (χ1v) is 7.37. The predicted octanol–water partition coefficient (Wildman–Crippen LogP) is 3.33. The second-order valence-electron chi connectivity index (χ2n) is 5.68. The fourth-order valence-electron chi connectivity index (χ4n) is 2.37. The van der Waals surface area contributed by atoms with Crippen LogP contribution in [0.15, 0.2) is 12.1 Å². The van der Waals surface area contributed by atoms with Crippen LogP contribution in [0, 0.1) is 29.3 Å². The van der Waals surface area contributed by atoms with Gasteiger partial charge in [-0.05, 0) is 30.0 Å². The predicted molar refractivity (Wildman–Crippen MR) is 77.5 cm³/mol. The number of aliphatic hydroxyl groups excluding tert-OH is 1. The van der Waals surface area contributed by atoms with Crippen LogP contribution in [0.4, 0.5) is 13.2 Å². The number of nitrogens with one attached hydrogen (secondary N) is 1. The van der Waals surface area contributed by atoms with Gasteiger partial charge in [0.15, 0.2) is 17.5 Å². The molecule has 0 radical (unpaired) electrons. The maximum atomic E-state index is 13.3. The second kappa shape index (κ2) is 8.17. The van der Waals surface area contributed by atoms with E-state index in [1.165, 1.54) is 0 Å². The van der Waals surface area contributed by atoms with E-state index in [9.17, 15) is 23.1 Å². The van der Waals surface area contributed by atoms with Gasteiger partial charge in [-0.15, -0.1) is 0 Å². The number of aliphatic hydroxyl groups is 1. The molecular formula is C16H22F3NO2. The molecule has 0 heterocycles. The van der Waals surface area contributed by atoms with Gasteiger partial charge in [0.1, 0.15) is 0 Å². The first kappa shape index (κ1) is 18.5. The molecule has 124 valence electrons. The van der Waals surface area contributed by atoms with Crippen molar-refractivity contribution in [3.8, 4) is 0 Å². The maximum absolute atomic E-state index is 13.3. The van der Waals surface area contributed by atoms with Crippen molar-refractivity contribution in [1.29, 1.82) is 0 Å². The van der Waals surface area contributed by atoms with Gasteiger partial charge >= 0.3 is 0 Å². The molecule has 0 saturated heterocycles. The summed E-state index contributed by atoms with van der Waals surface area (Å²) in [6.45, 7) is 5.24. The van der Waals surface area contributed by atoms with Crippen molar-refractivity contribution in [3.63, 3.8) is 0 Å². The zero-order valence-electron chi connectivity index (χ0n) is 13.0. The van der Waals surface area contributed by atoms with E-state index in [2.05, 4.69) is 5.32 Å². The van der Waals surface area contributed by atoms with E-state index in [0.29, 0.717) is 6.42 Å². The molecule has 0 aliphatic heterocycles. The fourth-order valence-corrected chi connectivity index (χ4v) is 2.37. The number of amides is 1. The van der Waals surface area contributed by atoms with Crippen molar-refractivity contribution in [2.75, 3.05) is 6.61 Å². The monoisotopic (exact) mass is 317 g/mol. The van der Waals surface area contributed by atoms with Crippen LogP contribution in [0.25, 0.3) is 0 Å². The molecule has 0 spiro atoms. The van der Waals surface area contributed by atoms with Crippen LogP contribution in [-0.4, -0.2) is 17.6 Å². The summed E-state index contributed by atoms with van der Waals surface area (Å²) in [5, 5.41) is 12.0. The Morgan fingerprint density at radius 1 is 1.23 bits per heavy atom. The van der Waals surface area contributed by atoms with Crippen LogP contribution in [0.2, 0.25) is 0 Å². The van der Waals surface area contributed by atoms with Gasteiger partial charge in [-0.2, -0.15) is 0 Å². The minimum atomic E-state index is -1.57. The molecule has 3 nitrogen and oxygen atoms in total. The summed E-state index contributed by atoms with van der Waals surface area (Å²) >= 11 is 0. The Morgan fingerprint density at radius 3 is 2.18 bits per heavy atom. The molecule has 1 rings (SSSR count). The Morgan fingerprint density at radius 2 is 1.77 bits per heavy atom. The number of hydrogen-bond donors (Lipinski definition) is 2. The lowest BCUT2D eigenvalue weighted by Crippen LogP contribution is -2.37. The Kier molecular flexibility index (Phi) is 6.87. The summed E-state index contributed by atoms with van der Waals surface area (Å²) in [4.78, 5) is 12.3. The molecule has 2 atom stereocenters. The van der Waals surface area contributed by atoms with Crippen LogP contribution in [0.3, 0.4) is 0 Å². The Hall–Kier alpha value is -1.56. The molecule has 1 aromatic carbocycles. The highest BCUT2D eigenvalue weighted by atomic mass is 19.2. The first-order valence-electron chi connectivity index (χ1n) is 7.37. The maximum Gasteiger partial charge on any atom is 0.223 e. The van der Waals surface area contributed by atoms with Crippen LogP contribution in [0.1, 0.15) is 45.2 Å². The molecule has 1 amide bonds. The van der Waals surface area contributed by atoms with Crippen molar-refractivity contribution in [2.24, 2.45) is 11.8 Å². The quantitative estimate of drug-likeness (QED) is 0.758. The van der Waals surface area contributed by atoms with Crippen LogP contribution in [-0.2, 0) is 4.79 Å². The molecule has 0 aliphatic rings. The third-order valence-corrected chi connectivity index (χ3v) is 3.65. The van der Waals surface area contributed by atoms with E-state index in [1.54, 1.807) is 0 Å². The molecule has 0 bridgehead atoms. The lowest BCUT2D eigenvalue weighted by molar-refractivity contribution is -0.127. The molecule has 1 aromatic rings. The highest BCUT2D eigenvalue weighted by molar-refractivity contribution is 5.79. The Balaban J connectivity index is 2.95. The van der Waals surface area contributed by atoms with Crippen molar-refractivity contribution in [3.05, 3.63) is 35.1 Å². The van der Waals surface area contributed by atoms with Crippen molar-refractivity contribution < 1.29 is 23.1 Å². The molecule has 2 N–H and O–H groups in total. The van der Waals surface area contributed by atoms with Gasteiger partial charge in [0.2, 0.25) is 5.91 Å². The van der Waals surface area contributed by atoms with E-state index < -0.39 is 30.1 Å². The van der Waals surface area contributed by atoms with Crippen LogP contribution < -0.4 is 5.32 Å². The number of hydrogen-bond acceptors (Lipinski definition) is 2. The summed E-state index contributed by atoms with van der Waals surface area (Å²) in [5.41, 5.74) is -0.00810. The third-order valence-electron chi connectivity index (χ3n) is 3.65. The van der Waals surface area contributed by atoms with Gasteiger partial charge in [-0.3, -0.25) is 4.79 Å². The summed E-state index contributed by atoms with van der Waals surface area (Å²) in [7, 11) is 0. The smallest absolute Gasteiger partial charge is 0.223 e. The highest BCUT2D eigenvalue weighted by Gasteiger charge is 2.25. The summed E-state index contributed by atoms with van der Waals surface area (Å²) in [6, 6.07) is 0.586. The van der Waals surface area contributed by atoms with Gasteiger partial charge in [0.25, 0.3) is 0 Å². The number of benzene rings is 1. The van der Waals surface area contributed by atoms with E-state index in [0.717, 1.165) is 18.6 Å². The van der Waals surface area contributed by atoms with Gasteiger partial charge in [0.05, 0.1) is 12.6 Å². The Bertz CT molecular complexity index is 497. The molecule has 2 unspecified atom stereocenters. The van der Waals surface area contributed by atoms with E-state index >= 15 is 0 Å². The minimum Gasteiger partial charge on any atom is -0.394 e. The van der Waals surface area contributed by atoms with Crippen LogP contribution >= 0.6 is 0 Å². The van der Waals surface area contributed by atoms with Gasteiger partial charge < -0.3 is 10.4 Å². The summed E-state index contributed by atoms with van der Waals surface area (Å²) < 4.78 is 39.5. The van der Waals surface area contributed by atoms with E-state index in [-0.39, 0.29) is 23.3 Å². The molecule has 0 aliphatic carbocycles. The number of halogens is 3. The lowest BCUT2D eigenvalue weighted by atomic mass is 9.90. The standard InChI is InChI=1S/C16H22F3NO2/c1-4-5-11(9(2)3)16(22)20-14(8-21)10-6-12(17)15(19)13(18)7-10/h6-7,9,11,14,21H,4-5,8H2,1-3H3,(H,20,22). The third kappa shape index (κ3) is 4.47. The minimum absolute atomic E-state index is 0.00810. The average Bonchev–Trinajstić information content (AvgIpc) is 2.46. The zero-order chi connectivity index (χ0) is 16.9. The van der Waals surface area contributed by atoms with Crippen molar-refractivity contribution in [2.45, 2.75) is 39.7 Å². The lowest BCUT2D eigenvalue weighted by Gasteiger charge is -2.24. The summed E-state index contributed by atoms with van der Waals surface area (Å²) in [6.07, 6.45) is 1.49. The van der Waals surface area contributed by atoms with E-state index in [4.69, 9.17) is 0 Å². The zero-order valence-corrected chi connectivity index (χ0v) is 13.0. The topological polar surface area (TPSA) is 49.3 Å². The molecule has 0 saturated carbocycles. The normalized spacial score (nSPS) is 14.0. The van der Waals surface area contributed by atoms with E-state index in [1.807, 2.05) is 20.8 Å². The molecule has 0 aromatic heterocycles. The van der Waals surface area contributed by atoms with Crippen molar-refractivity contribution >= 4 is 5.91 Å². The Labute approximate surface area is 128 Å². The molecular weight excluding hydrogens is 295 g/mol. The number of carbonyl (C=O) groups is 1. The second-order valence-corrected chi connectivity index (χ2v) is 5.68. The van der Waals surface area contributed by atoms with Crippen LogP contribution in [0.5, 0.6) is 0 Å². The molecule has 6 heteroatoms. The van der Waals surface area contributed by atoms with Gasteiger partial charge in [-0.1, -0.05) is 27.2 Å². The number of carbonyl (C=O) groups excluding carboxylic acids is 1. The number of rotatable bonds is 7. The fraction of sp³-hybridized carbons (Fsp3) is 0.562. The van der Waals surface area contributed by atoms with Gasteiger partial charge in [0, 0.05) is 5.92 Å². The SMILES string of the molecule is CCCC(C(=O)NC(CO)c1cc(F)c(F)c(F)c1)C(C)C. The van der Waals surface area contributed by atoms with Crippen molar-refractivity contribution in [1.82, 2.24) is 5.32 Å². The summed E-state index contributed by atoms with van der Waals surface area (Å²) in [5.74, 6) is -4.72. The first-order chi connectivity index (χ1) is 10.3. The molecule has 0 fully saturated rings. The highest BCUT2D eigenvalue weighted by Crippen LogP contribution is 2.22. The largest absolute Gasteiger partial charge is 0.394 e. The van der Waals surface area contributed by atoms with Gasteiger partial charge in [-0.25, -0.2) is 13.2 Å². The average molecular weight is 317 g/mol.